The molecule has 3 heterocycles. The first-order chi connectivity index (χ1) is 21.4. The standard InChI is InChI=1S/C31H33ClN8O3S/c1-39-11-13-40(14-12-39)10-3-15-43-27-18-25-23(17-26(27)42-2)29(34-19-33-25)35-22-8-9-24-28(16-22)44-31(37-24)38-30(41)36-21-6-4-20(32)5-7-21/h4-9,16-19H,3,10-15H2,1-2H3,(H,33,34,35)(H2,36,37,38,41). The lowest BCUT2D eigenvalue weighted by atomic mass is 10.2. The summed E-state index contributed by atoms with van der Waals surface area (Å²) in [4.78, 5) is 30.8. The highest BCUT2D eigenvalue weighted by Crippen LogP contribution is 2.36. The van der Waals surface area contributed by atoms with Crippen molar-refractivity contribution in [1.82, 2.24) is 24.8 Å². The summed E-state index contributed by atoms with van der Waals surface area (Å²) < 4.78 is 12.7. The van der Waals surface area contributed by atoms with E-state index in [1.807, 2.05) is 30.3 Å². The van der Waals surface area contributed by atoms with Gasteiger partial charge in [-0.05, 0) is 62.0 Å². The highest BCUT2D eigenvalue weighted by molar-refractivity contribution is 7.22. The number of hydrogen-bond donors (Lipinski definition) is 3. The summed E-state index contributed by atoms with van der Waals surface area (Å²) in [5.74, 6) is 1.93. The largest absolute Gasteiger partial charge is 0.493 e. The number of fused-ring (bicyclic) bond motifs is 2. The maximum atomic E-state index is 12.5. The minimum absolute atomic E-state index is 0.385. The van der Waals surface area contributed by atoms with Crippen LogP contribution in [0.3, 0.4) is 0 Å². The van der Waals surface area contributed by atoms with Crippen LogP contribution in [0.15, 0.2) is 60.9 Å². The van der Waals surface area contributed by atoms with Gasteiger partial charge in [-0.3, -0.25) is 5.32 Å². The number of thiazole rings is 1. The second-order valence-electron chi connectivity index (χ2n) is 10.5. The van der Waals surface area contributed by atoms with Gasteiger partial charge >= 0.3 is 6.03 Å². The number of benzene rings is 3. The molecule has 3 aromatic carbocycles. The summed E-state index contributed by atoms with van der Waals surface area (Å²) in [5.41, 5.74) is 2.97. The molecule has 1 fully saturated rings. The Bertz CT molecular complexity index is 1760. The number of methoxy groups -OCH3 is 1. The number of ether oxygens (including phenoxy) is 2. The molecule has 0 spiro atoms. The molecule has 1 saturated heterocycles. The summed E-state index contributed by atoms with van der Waals surface area (Å²) in [6.45, 7) is 6.02. The lowest BCUT2D eigenvalue weighted by Gasteiger charge is -2.32. The van der Waals surface area contributed by atoms with Gasteiger partial charge in [-0.25, -0.2) is 19.7 Å². The molecule has 2 amide bonds. The molecule has 0 unspecified atom stereocenters. The second-order valence-corrected chi connectivity index (χ2v) is 12.0. The van der Waals surface area contributed by atoms with Gasteiger partial charge in [-0.2, -0.15) is 0 Å². The van der Waals surface area contributed by atoms with Gasteiger partial charge in [0.25, 0.3) is 0 Å². The van der Waals surface area contributed by atoms with Crippen molar-refractivity contribution >= 4 is 72.4 Å². The Morgan fingerprint density at radius 3 is 2.55 bits per heavy atom. The molecule has 13 heteroatoms. The number of halogens is 1. The molecule has 44 heavy (non-hydrogen) atoms. The van der Waals surface area contributed by atoms with Crippen molar-refractivity contribution in [1.29, 1.82) is 0 Å². The summed E-state index contributed by atoms with van der Waals surface area (Å²) in [7, 11) is 3.80. The van der Waals surface area contributed by atoms with Crippen LogP contribution in [-0.4, -0.2) is 84.3 Å². The first kappa shape index (κ1) is 29.8. The average Bonchev–Trinajstić information content (AvgIpc) is 3.42. The van der Waals surface area contributed by atoms with Gasteiger partial charge in [0.15, 0.2) is 16.6 Å². The number of nitrogens with zero attached hydrogens (tertiary/aromatic N) is 5. The van der Waals surface area contributed by atoms with E-state index in [1.165, 1.54) is 17.7 Å². The van der Waals surface area contributed by atoms with Crippen LogP contribution in [0, 0.1) is 0 Å². The number of piperazine rings is 1. The van der Waals surface area contributed by atoms with E-state index in [1.54, 1.807) is 31.4 Å². The Kier molecular flexibility index (Phi) is 9.22. The van der Waals surface area contributed by atoms with Crippen molar-refractivity contribution < 1.29 is 14.3 Å². The lowest BCUT2D eigenvalue weighted by Crippen LogP contribution is -2.44. The molecule has 0 saturated carbocycles. The van der Waals surface area contributed by atoms with Crippen molar-refractivity contribution in [2.75, 3.05) is 69.4 Å². The Hall–Kier alpha value is -4.23. The maximum absolute atomic E-state index is 12.5. The van der Waals surface area contributed by atoms with Gasteiger partial charge in [0.1, 0.15) is 12.1 Å². The van der Waals surface area contributed by atoms with Crippen LogP contribution >= 0.6 is 22.9 Å². The quantitative estimate of drug-likeness (QED) is 0.152. The van der Waals surface area contributed by atoms with E-state index in [0.717, 1.165) is 66.0 Å². The molecular formula is C31H33ClN8O3S. The molecule has 11 nitrogen and oxygen atoms in total. The number of anilines is 4. The molecule has 3 N–H and O–H groups in total. The smallest absolute Gasteiger partial charge is 0.325 e. The van der Waals surface area contributed by atoms with E-state index < -0.39 is 0 Å². The third-order valence-electron chi connectivity index (χ3n) is 7.37. The highest BCUT2D eigenvalue weighted by Gasteiger charge is 2.15. The Labute approximate surface area is 264 Å². The zero-order valence-corrected chi connectivity index (χ0v) is 26.0. The third kappa shape index (κ3) is 7.28. The van der Waals surface area contributed by atoms with E-state index >= 15 is 0 Å². The molecule has 0 atom stereocenters. The number of nitrogens with one attached hydrogen (secondary N) is 3. The molecule has 1 aliphatic heterocycles. The van der Waals surface area contributed by atoms with E-state index in [9.17, 15) is 4.79 Å². The van der Waals surface area contributed by atoms with Gasteiger partial charge < -0.3 is 29.9 Å². The number of carbonyl (C=O) groups excluding carboxylic acids is 1. The predicted octanol–water partition coefficient (Wildman–Crippen LogP) is 6.31. The molecule has 1 aliphatic rings. The molecule has 2 aromatic heterocycles. The van der Waals surface area contributed by atoms with Crippen LogP contribution in [0.4, 0.5) is 27.1 Å². The van der Waals surface area contributed by atoms with Crippen molar-refractivity contribution in [2.24, 2.45) is 0 Å². The molecule has 0 radical (unpaired) electrons. The number of urea groups is 1. The Balaban J connectivity index is 1.11. The fourth-order valence-electron chi connectivity index (χ4n) is 4.96. The normalized spacial score (nSPS) is 14.1. The number of aromatic nitrogens is 3. The minimum atomic E-state index is -0.385. The molecule has 5 aromatic rings. The molecule has 0 bridgehead atoms. The highest BCUT2D eigenvalue weighted by atomic mass is 35.5. The van der Waals surface area contributed by atoms with Crippen LogP contribution in [0.25, 0.3) is 21.1 Å². The molecule has 0 aliphatic carbocycles. The van der Waals surface area contributed by atoms with Gasteiger partial charge in [0.2, 0.25) is 0 Å². The SMILES string of the molecule is COc1cc2c(Nc3ccc4nc(NC(=O)Nc5ccc(Cl)cc5)sc4c3)ncnc2cc1OCCCN1CCN(C)CC1. The van der Waals surface area contributed by atoms with Crippen molar-refractivity contribution in [3.63, 3.8) is 0 Å². The van der Waals surface area contributed by atoms with Crippen molar-refractivity contribution in [3.05, 3.63) is 65.9 Å². The van der Waals surface area contributed by atoms with Crippen LogP contribution in [-0.2, 0) is 0 Å². The fourth-order valence-corrected chi connectivity index (χ4v) is 5.99. The van der Waals surface area contributed by atoms with Crippen LogP contribution in [0.5, 0.6) is 11.5 Å². The second kappa shape index (κ2) is 13.6. The summed E-state index contributed by atoms with van der Waals surface area (Å²) in [6.07, 6.45) is 2.46. The third-order valence-corrected chi connectivity index (χ3v) is 8.55. The van der Waals surface area contributed by atoms with Gasteiger partial charge in [-0.15, -0.1) is 0 Å². The first-order valence-corrected chi connectivity index (χ1v) is 15.5. The Morgan fingerprint density at radius 2 is 1.75 bits per heavy atom. The number of carbonyl (C=O) groups is 1. The van der Waals surface area contributed by atoms with Gasteiger partial charge in [-0.1, -0.05) is 22.9 Å². The monoisotopic (exact) mass is 632 g/mol. The molecular weight excluding hydrogens is 600 g/mol. The van der Waals surface area contributed by atoms with Crippen molar-refractivity contribution in [3.8, 4) is 11.5 Å². The van der Waals surface area contributed by atoms with Crippen LogP contribution in [0.2, 0.25) is 5.02 Å². The predicted molar refractivity (Wildman–Crippen MR) is 177 cm³/mol. The van der Waals surface area contributed by atoms with Crippen LogP contribution in [0.1, 0.15) is 6.42 Å². The van der Waals surface area contributed by atoms with E-state index in [0.29, 0.717) is 39.8 Å². The number of amides is 2. The van der Waals surface area contributed by atoms with E-state index in [2.05, 4.69) is 47.7 Å². The number of rotatable bonds is 10. The zero-order chi connectivity index (χ0) is 30.5. The Morgan fingerprint density at radius 1 is 0.955 bits per heavy atom. The summed E-state index contributed by atoms with van der Waals surface area (Å²) in [6, 6.07) is 16.1. The molecule has 6 rings (SSSR count). The van der Waals surface area contributed by atoms with E-state index in [-0.39, 0.29) is 6.03 Å². The van der Waals surface area contributed by atoms with E-state index in [4.69, 9.17) is 21.1 Å². The number of hydrogen-bond acceptors (Lipinski definition) is 10. The maximum Gasteiger partial charge on any atom is 0.325 e. The minimum Gasteiger partial charge on any atom is -0.493 e. The summed E-state index contributed by atoms with van der Waals surface area (Å²) >= 11 is 7.29. The summed E-state index contributed by atoms with van der Waals surface area (Å²) in [5, 5.41) is 10.9. The molecule has 228 valence electrons. The fraction of sp³-hybridized carbons (Fsp3) is 0.290. The first-order valence-electron chi connectivity index (χ1n) is 14.3. The van der Waals surface area contributed by atoms with Crippen LogP contribution < -0.4 is 25.4 Å². The number of likely N-dealkylation sites (N-methyl/N-ethyl adjacent to an activating group) is 1. The average molecular weight is 633 g/mol. The lowest BCUT2D eigenvalue weighted by molar-refractivity contribution is 0.145. The van der Waals surface area contributed by atoms with Gasteiger partial charge in [0.05, 0.1) is 29.5 Å². The van der Waals surface area contributed by atoms with Gasteiger partial charge in [0, 0.05) is 60.6 Å². The zero-order valence-electron chi connectivity index (χ0n) is 24.5. The topological polar surface area (TPSA) is 117 Å². The van der Waals surface area contributed by atoms with Crippen molar-refractivity contribution in [2.45, 2.75) is 6.42 Å².